The molecule has 0 aromatic rings. The third-order valence-corrected chi connectivity index (χ3v) is 5.22. The van der Waals surface area contributed by atoms with E-state index in [0.29, 0.717) is 0 Å². The summed E-state index contributed by atoms with van der Waals surface area (Å²) >= 11 is 0. The van der Waals surface area contributed by atoms with Gasteiger partial charge < -0.3 is 15.3 Å². The smallest absolute Gasteiger partial charge is 0.875 e. The van der Waals surface area contributed by atoms with Gasteiger partial charge in [-0.2, -0.15) is 0 Å². The van der Waals surface area contributed by atoms with Gasteiger partial charge in [0.15, 0.2) is 17.3 Å². The van der Waals surface area contributed by atoms with Crippen LogP contribution in [-0.2, 0) is 40.2 Å². The van der Waals surface area contributed by atoms with Crippen molar-refractivity contribution in [2.45, 2.75) is 125 Å². The van der Waals surface area contributed by atoms with Crippen LogP contribution >= 0.6 is 0 Å². The quantitative estimate of drug-likeness (QED) is 0.307. The zero-order valence-electron chi connectivity index (χ0n) is 28.8. The zero-order valence-corrected chi connectivity index (χ0v) is 30.6. The fourth-order valence-electron chi connectivity index (χ4n) is 1.66. The number of hydrogen-bond acceptors (Lipinski definition) is 6. The van der Waals surface area contributed by atoms with Crippen molar-refractivity contribution in [2.24, 2.45) is 32.5 Å². The molecule has 0 saturated heterocycles. The molecule has 0 aromatic heterocycles. The molecule has 0 fully saturated rings. The Bertz CT molecular complexity index is 801. The van der Waals surface area contributed by atoms with Gasteiger partial charge in [-0.05, 0) is 34.5 Å². The normalized spacial score (nSPS) is 14.1. The minimum absolute atomic E-state index is 0. The number of ketones is 3. The van der Waals surface area contributed by atoms with Gasteiger partial charge in [0.25, 0.3) is 0 Å². The molecule has 0 aromatic carbocycles. The summed E-state index contributed by atoms with van der Waals surface area (Å²) in [6, 6.07) is 0. The topological polar surface area (TPSA) is 120 Å². The first-order chi connectivity index (χ1) is 16.6. The van der Waals surface area contributed by atoms with Gasteiger partial charge in [0.05, 0.1) is 0 Å². The van der Waals surface area contributed by atoms with Crippen molar-refractivity contribution in [3.05, 3.63) is 35.5 Å². The number of carbonyl (C=O) groups is 3. The van der Waals surface area contributed by atoms with E-state index in [9.17, 15) is 29.7 Å². The average Bonchev–Trinajstić information content (AvgIpc) is 2.64. The second kappa shape index (κ2) is 16.2. The molecule has 0 atom stereocenters. The summed E-state index contributed by atoms with van der Waals surface area (Å²) in [4.78, 5) is 34.3. The summed E-state index contributed by atoms with van der Waals surface area (Å²) < 4.78 is 0. The third-order valence-electron chi connectivity index (χ3n) is 5.22. The van der Waals surface area contributed by atoms with E-state index in [0.717, 1.165) is 0 Å². The van der Waals surface area contributed by atoms with Crippen LogP contribution in [0.3, 0.4) is 0 Å². The first-order valence-electron chi connectivity index (χ1n) is 13.5. The van der Waals surface area contributed by atoms with Crippen LogP contribution in [-0.4, -0.2) is 17.3 Å². The third kappa shape index (κ3) is 21.3. The van der Waals surface area contributed by atoms with E-state index in [2.05, 4.69) is 0 Å². The molecule has 0 bridgehead atoms. The maximum atomic E-state index is 11.4. The number of allylic oxidation sites excluding steroid dienone is 6. The van der Waals surface area contributed by atoms with Crippen molar-refractivity contribution < 1.29 is 55.5 Å². The molecule has 7 heteroatoms. The van der Waals surface area contributed by atoms with E-state index in [1.165, 1.54) is 18.2 Å². The van der Waals surface area contributed by atoms with Gasteiger partial charge in [-0.3, -0.25) is 14.4 Å². The predicted molar refractivity (Wildman–Crippen MR) is 156 cm³/mol. The summed E-state index contributed by atoms with van der Waals surface area (Å²) in [5.41, 5.74) is -2.74. The van der Waals surface area contributed by atoms with Crippen molar-refractivity contribution in [3.63, 3.8) is 0 Å². The Morgan fingerprint density at radius 1 is 0.350 bits per heavy atom. The van der Waals surface area contributed by atoms with E-state index in [4.69, 9.17) is 0 Å². The summed E-state index contributed by atoms with van der Waals surface area (Å²) in [5, 5.41) is 34.3. The Kier molecular flexibility index (Phi) is 18.4. The monoisotopic (exact) mass is 594 g/mol. The molecule has 6 nitrogen and oxygen atoms in total. The Morgan fingerprint density at radius 3 is 0.550 bits per heavy atom. The number of carbonyl (C=O) groups excluding carboxylic acids is 3. The zero-order chi connectivity index (χ0) is 32.6. The Labute approximate surface area is 264 Å². The molecule has 0 amide bonds. The van der Waals surface area contributed by atoms with E-state index in [1.807, 2.05) is 125 Å². The summed E-state index contributed by atoms with van der Waals surface area (Å²) in [6.07, 6.45) is 3.67. The van der Waals surface area contributed by atoms with E-state index >= 15 is 0 Å². The molecule has 0 radical (unpaired) electrons. The maximum Gasteiger partial charge on any atom is 3.00 e. The van der Waals surface area contributed by atoms with E-state index in [-0.39, 0.29) is 60.5 Å². The van der Waals surface area contributed by atoms with Gasteiger partial charge in [0.2, 0.25) is 0 Å². The predicted octanol–water partition coefficient (Wildman–Crippen LogP) is 5.67. The van der Waals surface area contributed by atoms with Crippen molar-refractivity contribution in [2.75, 3.05) is 0 Å². The van der Waals surface area contributed by atoms with Gasteiger partial charge in [0.1, 0.15) is 0 Å². The average molecular weight is 595 g/mol. The molecular formula is C33H57O6Sc. The Balaban J connectivity index is -0.000000240. The van der Waals surface area contributed by atoms with Crippen LogP contribution in [0.1, 0.15) is 125 Å². The summed E-state index contributed by atoms with van der Waals surface area (Å²) in [6.45, 7) is 32.5. The number of rotatable bonds is 3. The van der Waals surface area contributed by atoms with Crippen molar-refractivity contribution in [3.8, 4) is 0 Å². The molecule has 228 valence electrons. The number of hydrogen-bond donors (Lipinski definition) is 0. The van der Waals surface area contributed by atoms with Gasteiger partial charge in [-0.1, -0.05) is 125 Å². The molecule has 0 aliphatic carbocycles. The first-order valence-corrected chi connectivity index (χ1v) is 13.5. The minimum Gasteiger partial charge on any atom is -0.875 e. The standard InChI is InChI=1S/3C11H20O2.Sc/c3*1-10(2,3)8(12)7-9(13)11(4,5)6;/h3*7,12H,1-6H3;/q;;;+3/p-3/b3*8-7-;. The van der Waals surface area contributed by atoms with Crippen LogP contribution in [0.5, 0.6) is 0 Å². The van der Waals surface area contributed by atoms with Crippen LogP contribution in [0, 0.1) is 32.5 Å². The van der Waals surface area contributed by atoms with E-state index in [1.54, 1.807) is 0 Å². The van der Waals surface area contributed by atoms with Gasteiger partial charge in [-0.15, -0.1) is 17.3 Å². The molecule has 0 aliphatic rings. The van der Waals surface area contributed by atoms with Crippen molar-refractivity contribution in [1.29, 1.82) is 0 Å². The maximum absolute atomic E-state index is 11.4. The molecule has 0 saturated carbocycles. The molecule has 0 rings (SSSR count). The van der Waals surface area contributed by atoms with Crippen LogP contribution in [0.4, 0.5) is 0 Å². The van der Waals surface area contributed by atoms with Gasteiger partial charge in [-0.25, -0.2) is 0 Å². The van der Waals surface area contributed by atoms with Crippen LogP contribution in [0.25, 0.3) is 0 Å². The summed E-state index contributed by atoms with van der Waals surface area (Å²) in [7, 11) is 0. The minimum atomic E-state index is -0.457. The fraction of sp³-hybridized carbons (Fsp3) is 0.727. The fourth-order valence-corrected chi connectivity index (χ4v) is 1.66. The SMILES string of the molecule is CC(C)(C)C(=O)/C=C(\[O-])C(C)(C)C.CC(C)(C)C(=O)/C=C(\[O-])C(C)(C)C.CC(C)(C)C(=O)/C=C(\[O-])C(C)(C)C.[Sc+3]. The molecular weight excluding hydrogens is 537 g/mol. The van der Waals surface area contributed by atoms with Gasteiger partial charge >= 0.3 is 25.8 Å². The molecule has 0 aliphatic heterocycles. The molecule has 40 heavy (non-hydrogen) atoms. The second-order valence-corrected chi connectivity index (χ2v) is 16.1. The Hall–Kier alpha value is -1.50. The molecule has 0 heterocycles. The van der Waals surface area contributed by atoms with Crippen LogP contribution in [0.2, 0.25) is 0 Å². The second-order valence-electron chi connectivity index (χ2n) is 16.1. The molecule has 0 unspecified atom stereocenters. The first kappa shape index (κ1) is 45.5. The Morgan fingerprint density at radius 2 is 0.475 bits per heavy atom. The molecule has 0 N–H and O–H groups in total. The molecule has 0 spiro atoms. The van der Waals surface area contributed by atoms with Crippen LogP contribution < -0.4 is 15.3 Å². The van der Waals surface area contributed by atoms with Crippen molar-refractivity contribution in [1.82, 2.24) is 0 Å². The summed E-state index contributed by atoms with van der Waals surface area (Å²) in [5.74, 6) is -0.625. The largest absolute Gasteiger partial charge is 3.00 e. The van der Waals surface area contributed by atoms with Crippen LogP contribution in [0.15, 0.2) is 35.5 Å². The van der Waals surface area contributed by atoms with Gasteiger partial charge in [0, 0.05) is 16.2 Å². The van der Waals surface area contributed by atoms with E-state index < -0.39 is 32.5 Å². The van der Waals surface area contributed by atoms with Crippen molar-refractivity contribution >= 4 is 17.3 Å².